The first-order chi connectivity index (χ1) is 12.3. The van der Waals surface area contributed by atoms with Crippen molar-refractivity contribution in [2.75, 3.05) is 36.0 Å². The van der Waals surface area contributed by atoms with E-state index in [-0.39, 0.29) is 0 Å². The molecule has 124 valence electrons. The molecule has 0 aliphatic carbocycles. The van der Waals surface area contributed by atoms with E-state index >= 15 is 0 Å². The predicted octanol–water partition coefficient (Wildman–Crippen LogP) is 3.59. The molecule has 5 nitrogen and oxygen atoms in total. The normalized spacial score (nSPS) is 14.6. The van der Waals surface area contributed by atoms with E-state index in [9.17, 15) is 5.26 Å². The van der Waals surface area contributed by atoms with E-state index in [0.29, 0.717) is 5.56 Å². The minimum Gasteiger partial charge on any atom is -0.367 e. The molecule has 3 aromatic rings. The second-order valence-electron chi connectivity index (χ2n) is 5.95. The number of anilines is 2. The molecule has 0 saturated carbocycles. The first-order valence-electron chi connectivity index (χ1n) is 8.15. The Morgan fingerprint density at radius 1 is 0.960 bits per heavy atom. The van der Waals surface area contributed by atoms with Gasteiger partial charge >= 0.3 is 0 Å². The quantitative estimate of drug-likeness (QED) is 0.665. The van der Waals surface area contributed by atoms with Gasteiger partial charge in [0.05, 0.1) is 11.1 Å². The monoisotopic (exact) mass is 393 g/mol. The number of hydrogen-bond acceptors (Lipinski definition) is 5. The molecular weight excluding hydrogens is 378 g/mol. The van der Waals surface area contributed by atoms with Crippen LogP contribution >= 0.6 is 15.9 Å². The maximum Gasteiger partial charge on any atom is 0.146 e. The van der Waals surface area contributed by atoms with Crippen LogP contribution in [0.4, 0.5) is 11.5 Å². The zero-order chi connectivity index (χ0) is 17.2. The number of pyridine rings is 2. The fraction of sp³-hybridized carbons (Fsp3) is 0.211. The molecule has 1 aliphatic rings. The SMILES string of the molecule is N#Cc1cccnc1N1CCN(c2ccnc3cc(Br)ccc23)CC1. The minimum atomic E-state index is 0.634. The number of nitrogens with zero attached hydrogens (tertiary/aromatic N) is 5. The van der Waals surface area contributed by atoms with E-state index in [4.69, 9.17) is 0 Å². The lowest BCUT2D eigenvalue weighted by atomic mass is 10.1. The number of nitriles is 1. The number of rotatable bonds is 2. The Balaban J connectivity index is 1.58. The maximum absolute atomic E-state index is 9.28. The van der Waals surface area contributed by atoms with Crippen molar-refractivity contribution < 1.29 is 0 Å². The van der Waals surface area contributed by atoms with Crippen molar-refractivity contribution in [3.8, 4) is 6.07 Å². The zero-order valence-corrected chi connectivity index (χ0v) is 15.1. The number of benzene rings is 1. The molecule has 0 N–H and O–H groups in total. The highest BCUT2D eigenvalue weighted by Crippen LogP contribution is 2.29. The van der Waals surface area contributed by atoms with Gasteiger partial charge in [-0.3, -0.25) is 4.98 Å². The van der Waals surface area contributed by atoms with Crippen LogP contribution in [0.25, 0.3) is 10.9 Å². The molecule has 1 aromatic carbocycles. The lowest BCUT2D eigenvalue weighted by molar-refractivity contribution is 0.648. The van der Waals surface area contributed by atoms with E-state index in [1.807, 2.05) is 18.3 Å². The van der Waals surface area contributed by atoms with E-state index < -0.39 is 0 Å². The molecule has 2 aromatic heterocycles. The molecule has 3 heterocycles. The van der Waals surface area contributed by atoms with E-state index in [2.05, 4.69) is 60.0 Å². The first kappa shape index (κ1) is 15.9. The van der Waals surface area contributed by atoms with Gasteiger partial charge in [-0.1, -0.05) is 15.9 Å². The number of halogens is 1. The van der Waals surface area contributed by atoms with E-state index in [0.717, 1.165) is 47.4 Å². The molecule has 0 atom stereocenters. The highest BCUT2D eigenvalue weighted by molar-refractivity contribution is 9.10. The summed E-state index contributed by atoms with van der Waals surface area (Å²) < 4.78 is 1.04. The number of hydrogen-bond donors (Lipinski definition) is 0. The summed E-state index contributed by atoms with van der Waals surface area (Å²) in [4.78, 5) is 13.4. The summed E-state index contributed by atoms with van der Waals surface area (Å²) in [5.41, 5.74) is 2.83. The van der Waals surface area contributed by atoms with Gasteiger partial charge in [0.15, 0.2) is 0 Å². The summed E-state index contributed by atoms with van der Waals surface area (Å²) in [5.74, 6) is 0.785. The van der Waals surface area contributed by atoms with Crippen molar-refractivity contribution in [1.82, 2.24) is 9.97 Å². The molecule has 4 rings (SSSR count). The summed E-state index contributed by atoms with van der Waals surface area (Å²) >= 11 is 3.51. The summed E-state index contributed by atoms with van der Waals surface area (Å²) in [7, 11) is 0. The van der Waals surface area contributed by atoms with Gasteiger partial charge < -0.3 is 9.80 Å². The molecule has 0 spiro atoms. The largest absolute Gasteiger partial charge is 0.367 e. The van der Waals surface area contributed by atoms with Crippen molar-refractivity contribution >= 4 is 38.3 Å². The van der Waals surface area contributed by atoms with Crippen molar-refractivity contribution in [2.45, 2.75) is 0 Å². The molecule has 25 heavy (non-hydrogen) atoms. The molecule has 0 radical (unpaired) electrons. The average molecular weight is 394 g/mol. The van der Waals surface area contributed by atoms with Crippen molar-refractivity contribution in [3.63, 3.8) is 0 Å². The Morgan fingerprint density at radius 2 is 1.76 bits per heavy atom. The Labute approximate surface area is 154 Å². The topological polar surface area (TPSA) is 56.1 Å². The van der Waals surface area contributed by atoms with Crippen LogP contribution < -0.4 is 9.80 Å². The van der Waals surface area contributed by atoms with Gasteiger partial charge in [0.25, 0.3) is 0 Å². The molecule has 1 aliphatic heterocycles. The van der Waals surface area contributed by atoms with Crippen LogP contribution in [0.1, 0.15) is 5.56 Å². The lowest BCUT2D eigenvalue weighted by Gasteiger charge is -2.37. The van der Waals surface area contributed by atoms with Gasteiger partial charge in [0, 0.05) is 54.1 Å². The average Bonchev–Trinajstić information content (AvgIpc) is 2.67. The van der Waals surface area contributed by atoms with Crippen LogP contribution in [0.15, 0.2) is 53.3 Å². The summed E-state index contributed by atoms with van der Waals surface area (Å²) in [6.07, 6.45) is 3.61. The third-order valence-electron chi connectivity index (χ3n) is 4.51. The van der Waals surface area contributed by atoms with Gasteiger partial charge in [-0.15, -0.1) is 0 Å². The molecular formula is C19H16BrN5. The molecule has 6 heteroatoms. The fourth-order valence-corrected chi connectivity index (χ4v) is 3.63. The van der Waals surface area contributed by atoms with Gasteiger partial charge in [-0.05, 0) is 36.4 Å². The minimum absolute atomic E-state index is 0.634. The lowest BCUT2D eigenvalue weighted by Crippen LogP contribution is -2.47. The Hall–Kier alpha value is -2.65. The number of piperazine rings is 1. The number of aromatic nitrogens is 2. The number of fused-ring (bicyclic) bond motifs is 1. The summed E-state index contributed by atoms with van der Waals surface area (Å²) in [5, 5.41) is 10.4. The fourth-order valence-electron chi connectivity index (χ4n) is 3.28. The third kappa shape index (κ3) is 3.03. The molecule has 0 unspecified atom stereocenters. The van der Waals surface area contributed by atoms with Crippen LogP contribution in [0.5, 0.6) is 0 Å². The maximum atomic E-state index is 9.28. The van der Waals surface area contributed by atoms with Gasteiger partial charge in [-0.25, -0.2) is 4.98 Å². The summed E-state index contributed by atoms with van der Waals surface area (Å²) in [6.45, 7) is 3.45. The zero-order valence-electron chi connectivity index (χ0n) is 13.6. The van der Waals surface area contributed by atoms with Crippen LogP contribution in [-0.4, -0.2) is 36.1 Å². The first-order valence-corrected chi connectivity index (χ1v) is 8.95. The van der Waals surface area contributed by atoms with Crippen LogP contribution in [0.2, 0.25) is 0 Å². The van der Waals surface area contributed by atoms with Crippen molar-refractivity contribution in [1.29, 1.82) is 5.26 Å². The molecule has 1 saturated heterocycles. The molecule has 0 bridgehead atoms. The van der Waals surface area contributed by atoms with Crippen molar-refractivity contribution in [3.05, 3.63) is 58.8 Å². The van der Waals surface area contributed by atoms with Gasteiger partial charge in [0.2, 0.25) is 0 Å². The van der Waals surface area contributed by atoms with Crippen LogP contribution in [0.3, 0.4) is 0 Å². The van der Waals surface area contributed by atoms with Gasteiger partial charge in [0.1, 0.15) is 11.9 Å². The Kier molecular flexibility index (Phi) is 4.24. The van der Waals surface area contributed by atoms with Crippen LogP contribution in [-0.2, 0) is 0 Å². The molecule has 1 fully saturated rings. The van der Waals surface area contributed by atoms with Crippen LogP contribution in [0, 0.1) is 11.3 Å². The van der Waals surface area contributed by atoms with Gasteiger partial charge in [-0.2, -0.15) is 5.26 Å². The third-order valence-corrected chi connectivity index (χ3v) is 5.00. The van der Waals surface area contributed by atoms with Crippen molar-refractivity contribution in [2.24, 2.45) is 0 Å². The summed E-state index contributed by atoms with van der Waals surface area (Å²) in [6, 6.07) is 14.1. The molecule has 0 amide bonds. The second-order valence-corrected chi connectivity index (χ2v) is 6.87. The van der Waals surface area contributed by atoms with E-state index in [1.165, 1.54) is 5.69 Å². The Bertz CT molecular complexity index is 957. The standard InChI is InChI=1S/C19H16BrN5/c20-15-3-4-16-17(12-15)22-7-5-18(16)24-8-10-25(11-9-24)19-14(13-21)2-1-6-23-19/h1-7,12H,8-11H2. The highest BCUT2D eigenvalue weighted by Gasteiger charge is 2.21. The highest BCUT2D eigenvalue weighted by atomic mass is 79.9. The Morgan fingerprint density at radius 3 is 2.56 bits per heavy atom. The second kappa shape index (κ2) is 6.69. The predicted molar refractivity (Wildman–Crippen MR) is 103 cm³/mol. The smallest absolute Gasteiger partial charge is 0.146 e. The van der Waals surface area contributed by atoms with E-state index in [1.54, 1.807) is 12.3 Å².